The van der Waals surface area contributed by atoms with Crippen molar-refractivity contribution in [3.63, 3.8) is 0 Å². The predicted octanol–water partition coefficient (Wildman–Crippen LogP) is 2.70. The van der Waals surface area contributed by atoms with Crippen molar-refractivity contribution in [1.29, 1.82) is 0 Å². The zero-order valence-corrected chi connectivity index (χ0v) is 11.7. The summed E-state index contributed by atoms with van der Waals surface area (Å²) in [4.78, 5) is 11.3. The van der Waals surface area contributed by atoms with Crippen LogP contribution in [0, 0.1) is 6.92 Å². The second-order valence-electron chi connectivity index (χ2n) is 4.03. The molecule has 0 fully saturated rings. The Balaban J connectivity index is 2.13. The highest BCUT2D eigenvalue weighted by atomic mass is 32.2. The van der Waals surface area contributed by atoms with Crippen LogP contribution in [0.2, 0.25) is 0 Å². The van der Waals surface area contributed by atoms with E-state index in [1.165, 1.54) is 18.9 Å². The number of thioether (sulfide) groups is 1. The standard InChI is InChI=1S/C13H14N2O3S/c1-8-5-4-6-10(7-8)11-14-15-13(18-11)19-9(2)12(16)17-3/h4-7,9H,1-3H3. The molecule has 0 bridgehead atoms. The number of nitrogens with zero attached hydrogens (tertiary/aromatic N) is 2. The summed E-state index contributed by atoms with van der Waals surface area (Å²) >= 11 is 1.18. The lowest BCUT2D eigenvalue weighted by molar-refractivity contribution is -0.139. The summed E-state index contributed by atoms with van der Waals surface area (Å²) in [6.45, 7) is 3.72. The molecule has 100 valence electrons. The number of rotatable bonds is 4. The number of esters is 1. The molecular formula is C13H14N2O3S. The van der Waals surface area contributed by atoms with Gasteiger partial charge in [0.05, 0.1) is 7.11 Å². The van der Waals surface area contributed by atoms with E-state index in [9.17, 15) is 4.79 Å². The van der Waals surface area contributed by atoms with E-state index in [2.05, 4.69) is 14.9 Å². The Kier molecular flexibility index (Phi) is 4.21. The lowest BCUT2D eigenvalue weighted by Crippen LogP contribution is -2.14. The maximum atomic E-state index is 11.3. The Labute approximate surface area is 115 Å². The van der Waals surface area contributed by atoms with Gasteiger partial charge in [-0.1, -0.05) is 29.5 Å². The second kappa shape index (κ2) is 5.88. The van der Waals surface area contributed by atoms with Crippen molar-refractivity contribution in [2.75, 3.05) is 7.11 Å². The van der Waals surface area contributed by atoms with Crippen LogP contribution < -0.4 is 0 Å². The number of carbonyl (C=O) groups is 1. The van der Waals surface area contributed by atoms with Crippen LogP contribution >= 0.6 is 11.8 Å². The number of carbonyl (C=O) groups excluding carboxylic acids is 1. The lowest BCUT2D eigenvalue weighted by atomic mass is 10.1. The van der Waals surface area contributed by atoms with Crippen molar-refractivity contribution < 1.29 is 13.9 Å². The highest BCUT2D eigenvalue weighted by Crippen LogP contribution is 2.26. The van der Waals surface area contributed by atoms with Crippen LogP contribution in [0.15, 0.2) is 33.9 Å². The fourth-order valence-electron chi connectivity index (χ4n) is 1.52. The van der Waals surface area contributed by atoms with Crippen LogP contribution in [-0.4, -0.2) is 28.5 Å². The van der Waals surface area contributed by atoms with Crippen LogP contribution in [0.5, 0.6) is 0 Å². The van der Waals surface area contributed by atoms with E-state index in [1.54, 1.807) is 6.92 Å². The van der Waals surface area contributed by atoms with E-state index in [-0.39, 0.29) is 11.2 Å². The Bertz CT molecular complexity index is 583. The summed E-state index contributed by atoms with van der Waals surface area (Å²) in [5.74, 6) is 0.128. The van der Waals surface area contributed by atoms with Crippen molar-refractivity contribution in [2.24, 2.45) is 0 Å². The van der Waals surface area contributed by atoms with Gasteiger partial charge in [0.2, 0.25) is 5.89 Å². The SMILES string of the molecule is COC(=O)C(C)Sc1nnc(-c2cccc(C)c2)o1. The molecule has 1 atom stereocenters. The van der Waals surface area contributed by atoms with Gasteiger partial charge in [0, 0.05) is 5.56 Å². The third kappa shape index (κ3) is 3.35. The minimum Gasteiger partial charge on any atom is -0.468 e. The minimum absolute atomic E-state index is 0.319. The van der Waals surface area contributed by atoms with Crippen LogP contribution in [-0.2, 0) is 9.53 Å². The van der Waals surface area contributed by atoms with Crippen molar-refractivity contribution in [3.05, 3.63) is 29.8 Å². The summed E-state index contributed by atoms with van der Waals surface area (Å²) in [5.41, 5.74) is 1.98. The van der Waals surface area contributed by atoms with Gasteiger partial charge in [-0.2, -0.15) is 0 Å². The monoisotopic (exact) mass is 278 g/mol. The van der Waals surface area contributed by atoms with E-state index in [0.29, 0.717) is 11.1 Å². The molecule has 0 radical (unpaired) electrons. The largest absolute Gasteiger partial charge is 0.468 e. The van der Waals surface area contributed by atoms with Gasteiger partial charge in [-0.25, -0.2) is 0 Å². The molecule has 0 saturated carbocycles. The highest BCUT2D eigenvalue weighted by molar-refractivity contribution is 8.00. The Morgan fingerprint density at radius 2 is 2.21 bits per heavy atom. The third-order valence-corrected chi connectivity index (χ3v) is 3.39. The second-order valence-corrected chi connectivity index (χ2v) is 5.32. The molecule has 0 spiro atoms. The molecule has 0 amide bonds. The average Bonchev–Trinajstić information content (AvgIpc) is 2.86. The normalized spacial score (nSPS) is 12.2. The molecule has 0 aliphatic rings. The molecule has 1 heterocycles. The zero-order chi connectivity index (χ0) is 13.8. The number of hydrogen-bond acceptors (Lipinski definition) is 6. The predicted molar refractivity (Wildman–Crippen MR) is 71.8 cm³/mol. The Morgan fingerprint density at radius 3 is 2.89 bits per heavy atom. The van der Waals surface area contributed by atoms with Gasteiger partial charge in [-0.3, -0.25) is 4.79 Å². The Hall–Kier alpha value is -1.82. The molecule has 0 aliphatic carbocycles. The number of methoxy groups -OCH3 is 1. The molecule has 1 aromatic heterocycles. The first-order valence-corrected chi connectivity index (χ1v) is 6.63. The van der Waals surface area contributed by atoms with E-state index in [0.717, 1.165) is 11.1 Å². The molecule has 0 N–H and O–H groups in total. The quantitative estimate of drug-likeness (QED) is 0.633. The van der Waals surface area contributed by atoms with Gasteiger partial charge in [-0.15, -0.1) is 10.2 Å². The number of ether oxygens (including phenoxy) is 1. The minimum atomic E-state index is -0.379. The molecule has 19 heavy (non-hydrogen) atoms. The van der Waals surface area contributed by atoms with Crippen molar-refractivity contribution in [1.82, 2.24) is 10.2 Å². The molecule has 1 aromatic carbocycles. The first-order valence-electron chi connectivity index (χ1n) is 5.75. The van der Waals surface area contributed by atoms with E-state index < -0.39 is 0 Å². The maximum absolute atomic E-state index is 11.3. The van der Waals surface area contributed by atoms with Crippen molar-refractivity contribution in [3.8, 4) is 11.5 Å². The van der Waals surface area contributed by atoms with Crippen LogP contribution in [0.1, 0.15) is 12.5 Å². The van der Waals surface area contributed by atoms with Gasteiger partial charge in [0.15, 0.2) is 0 Å². The summed E-state index contributed by atoms with van der Waals surface area (Å²) < 4.78 is 10.2. The average molecular weight is 278 g/mol. The topological polar surface area (TPSA) is 65.2 Å². The fourth-order valence-corrected chi connectivity index (χ4v) is 2.23. The van der Waals surface area contributed by atoms with Gasteiger partial charge >= 0.3 is 5.97 Å². The molecule has 2 rings (SSSR count). The van der Waals surface area contributed by atoms with Crippen molar-refractivity contribution >= 4 is 17.7 Å². The van der Waals surface area contributed by atoms with Gasteiger partial charge < -0.3 is 9.15 Å². The Morgan fingerprint density at radius 1 is 1.42 bits per heavy atom. The number of benzene rings is 1. The summed E-state index contributed by atoms with van der Waals surface area (Å²) in [7, 11) is 1.35. The number of aromatic nitrogens is 2. The molecule has 1 unspecified atom stereocenters. The molecular weight excluding hydrogens is 264 g/mol. The summed E-state index contributed by atoms with van der Waals surface area (Å²) in [6.07, 6.45) is 0. The molecule has 0 saturated heterocycles. The summed E-state index contributed by atoms with van der Waals surface area (Å²) in [5, 5.41) is 7.87. The molecule has 2 aromatic rings. The number of aryl methyl sites for hydroxylation is 1. The molecule has 5 nitrogen and oxygen atoms in total. The highest BCUT2D eigenvalue weighted by Gasteiger charge is 2.18. The fraction of sp³-hybridized carbons (Fsp3) is 0.308. The van der Waals surface area contributed by atoms with E-state index >= 15 is 0 Å². The zero-order valence-electron chi connectivity index (χ0n) is 10.9. The molecule has 0 aliphatic heterocycles. The van der Waals surface area contributed by atoms with Gasteiger partial charge in [-0.05, 0) is 26.0 Å². The van der Waals surface area contributed by atoms with Crippen LogP contribution in [0.25, 0.3) is 11.5 Å². The van der Waals surface area contributed by atoms with Crippen molar-refractivity contribution in [2.45, 2.75) is 24.3 Å². The van der Waals surface area contributed by atoms with Gasteiger partial charge in [0.25, 0.3) is 5.22 Å². The van der Waals surface area contributed by atoms with Crippen LogP contribution in [0.3, 0.4) is 0 Å². The first kappa shape index (κ1) is 13.6. The first-order chi connectivity index (χ1) is 9.10. The number of hydrogen-bond donors (Lipinski definition) is 0. The van der Waals surface area contributed by atoms with E-state index in [4.69, 9.17) is 4.42 Å². The van der Waals surface area contributed by atoms with Crippen LogP contribution in [0.4, 0.5) is 0 Å². The van der Waals surface area contributed by atoms with Gasteiger partial charge in [0.1, 0.15) is 5.25 Å². The van der Waals surface area contributed by atoms with E-state index in [1.807, 2.05) is 31.2 Å². The maximum Gasteiger partial charge on any atom is 0.319 e. The smallest absolute Gasteiger partial charge is 0.319 e. The third-order valence-electron chi connectivity index (χ3n) is 2.48. The summed E-state index contributed by atoms with van der Waals surface area (Å²) in [6, 6.07) is 7.79. The lowest BCUT2D eigenvalue weighted by Gasteiger charge is -2.04. The molecule has 6 heteroatoms.